The van der Waals surface area contributed by atoms with Gasteiger partial charge in [0.1, 0.15) is 5.82 Å². The molecule has 1 aromatic heterocycles. The van der Waals surface area contributed by atoms with Gasteiger partial charge in [0.15, 0.2) is 9.84 Å². The molecule has 2 aromatic carbocycles. The van der Waals surface area contributed by atoms with Crippen molar-refractivity contribution in [3.05, 3.63) is 83.6 Å². The molecular formula is C19H19N3O3S. The van der Waals surface area contributed by atoms with Crippen molar-refractivity contribution in [3.63, 3.8) is 0 Å². The first-order valence-electron chi connectivity index (χ1n) is 8.04. The maximum Gasteiger partial charge on any atom is 0.256 e. The average Bonchev–Trinajstić information content (AvgIpc) is 3.01. The van der Waals surface area contributed by atoms with E-state index >= 15 is 0 Å². The summed E-state index contributed by atoms with van der Waals surface area (Å²) in [6, 6.07) is 18.2. The lowest BCUT2D eigenvalue weighted by molar-refractivity contribution is 0.102. The first kappa shape index (κ1) is 17.9. The Kier molecular flexibility index (Phi) is 5.18. The van der Waals surface area contributed by atoms with Crippen LogP contribution >= 0.6 is 0 Å². The first-order valence-corrected chi connectivity index (χ1v) is 10.1. The molecule has 26 heavy (non-hydrogen) atoms. The van der Waals surface area contributed by atoms with Gasteiger partial charge in [-0.2, -0.15) is 5.10 Å². The van der Waals surface area contributed by atoms with Crippen LogP contribution in [-0.2, 0) is 22.1 Å². The third-order valence-corrected chi connectivity index (χ3v) is 4.61. The summed E-state index contributed by atoms with van der Waals surface area (Å²) in [7, 11) is -3.16. The third kappa shape index (κ3) is 4.80. The lowest BCUT2D eigenvalue weighted by atomic mass is 10.1. The fraction of sp³-hybridized carbons (Fsp3) is 0.158. The number of anilines is 1. The fourth-order valence-electron chi connectivity index (χ4n) is 2.61. The van der Waals surface area contributed by atoms with Crippen molar-refractivity contribution in [2.45, 2.75) is 12.3 Å². The van der Waals surface area contributed by atoms with Gasteiger partial charge in [-0.25, -0.2) is 13.1 Å². The van der Waals surface area contributed by atoms with Crippen LogP contribution in [0.4, 0.5) is 5.82 Å². The summed E-state index contributed by atoms with van der Waals surface area (Å²) in [4.78, 5) is 12.5. The Bertz CT molecular complexity index is 1010. The van der Waals surface area contributed by atoms with Crippen LogP contribution in [0.15, 0.2) is 66.9 Å². The van der Waals surface area contributed by atoms with E-state index < -0.39 is 9.84 Å². The maximum atomic E-state index is 12.5. The molecule has 1 heterocycles. The fourth-order valence-corrected chi connectivity index (χ4v) is 3.40. The summed E-state index contributed by atoms with van der Waals surface area (Å²) in [5.74, 6) is 0.169. The molecule has 0 atom stereocenters. The average molecular weight is 369 g/mol. The highest BCUT2D eigenvalue weighted by atomic mass is 32.2. The molecule has 0 fully saturated rings. The van der Waals surface area contributed by atoms with Crippen molar-refractivity contribution in [1.82, 2.24) is 9.78 Å². The molecule has 0 unspecified atom stereocenters. The van der Waals surface area contributed by atoms with Crippen LogP contribution in [0, 0.1) is 0 Å². The largest absolute Gasteiger partial charge is 0.307 e. The molecule has 3 aromatic rings. The number of carbonyl (C=O) groups excluding carboxylic acids is 1. The van der Waals surface area contributed by atoms with Crippen LogP contribution in [0.2, 0.25) is 0 Å². The second kappa shape index (κ2) is 7.53. The molecule has 1 N–H and O–H groups in total. The molecule has 7 heteroatoms. The Morgan fingerprint density at radius 2 is 1.77 bits per heavy atom. The zero-order valence-corrected chi connectivity index (χ0v) is 15.1. The quantitative estimate of drug-likeness (QED) is 0.724. The molecule has 0 saturated heterocycles. The van der Waals surface area contributed by atoms with Crippen LogP contribution < -0.4 is 5.32 Å². The number of sulfone groups is 1. The molecule has 0 saturated carbocycles. The highest BCUT2D eigenvalue weighted by Gasteiger charge is 2.12. The number of amides is 1. The number of rotatable bonds is 6. The number of hydrogen-bond donors (Lipinski definition) is 1. The van der Waals surface area contributed by atoms with Gasteiger partial charge in [-0.15, -0.1) is 0 Å². The van der Waals surface area contributed by atoms with Crippen molar-refractivity contribution in [1.29, 1.82) is 0 Å². The van der Waals surface area contributed by atoms with Crippen LogP contribution in [0.5, 0.6) is 0 Å². The highest BCUT2D eigenvalue weighted by Crippen LogP contribution is 2.14. The Morgan fingerprint density at radius 3 is 2.50 bits per heavy atom. The molecule has 0 aliphatic carbocycles. The number of carbonyl (C=O) groups is 1. The molecule has 3 rings (SSSR count). The summed E-state index contributed by atoms with van der Waals surface area (Å²) in [6.45, 7) is 0.539. The van der Waals surface area contributed by atoms with Crippen LogP contribution in [0.25, 0.3) is 0 Å². The molecule has 6 nitrogen and oxygen atoms in total. The van der Waals surface area contributed by atoms with E-state index in [9.17, 15) is 13.2 Å². The number of hydrogen-bond acceptors (Lipinski definition) is 4. The van der Waals surface area contributed by atoms with Crippen molar-refractivity contribution in [2.75, 3.05) is 11.6 Å². The minimum absolute atomic E-state index is 0.0972. The summed E-state index contributed by atoms with van der Waals surface area (Å²) in [5, 5.41) is 7.08. The third-order valence-electron chi connectivity index (χ3n) is 3.75. The summed E-state index contributed by atoms with van der Waals surface area (Å²) in [5.41, 5.74) is 2.05. The van der Waals surface area contributed by atoms with Gasteiger partial charge in [-0.1, -0.05) is 42.5 Å². The standard InChI is InChI=1S/C19H19N3O3S/c1-26(24,25)14-16-8-5-9-17(12-16)19(23)21-18-10-11-20-22(18)13-15-6-3-2-4-7-15/h2-12H,13-14H2,1H3,(H,21,23). The SMILES string of the molecule is CS(=O)(=O)Cc1cccc(C(=O)Nc2ccnn2Cc2ccccc2)c1. The van der Waals surface area contributed by atoms with Gasteiger partial charge in [-0.05, 0) is 23.3 Å². The Labute approximate surface area is 152 Å². The first-order chi connectivity index (χ1) is 12.4. The molecule has 0 bridgehead atoms. The van der Waals surface area contributed by atoms with E-state index in [0.29, 0.717) is 23.5 Å². The summed E-state index contributed by atoms with van der Waals surface area (Å²) in [6.07, 6.45) is 2.79. The summed E-state index contributed by atoms with van der Waals surface area (Å²) >= 11 is 0. The normalized spacial score (nSPS) is 11.3. The van der Waals surface area contributed by atoms with Crippen molar-refractivity contribution in [2.24, 2.45) is 0 Å². The molecule has 1 amide bonds. The van der Waals surface area contributed by atoms with Crippen LogP contribution in [-0.4, -0.2) is 30.4 Å². The zero-order chi connectivity index (χ0) is 18.6. The molecule has 0 spiro atoms. The molecule has 0 aliphatic heterocycles. The van der Waals surface area contributed by atoms with Gasteiger partial charge in [0.2, 0.25) is 0 Å². The lowest BCUT2D eigenvalue weighted by Crippen LogP contribution is -2.16. The maximum absolute atomic E-state index is 12.5. The van der Waals surface area contributed by atoms with E-state index in [1.807, 2.05) is 30.3 Å². The van der Waals surface area contributed by atoms with E-state index in [0.717, 1.165) is 5.56 Å². The van der Waals surface area contributed by atoms with E-state index in [-0.39, 0.29) is 11.7 Å². The summed E-state index contributed by atoms with van der Waals surface area (Å²) < 4.78 is 24.6. The molecule has 0 aliphatic rings. The lowest BCUT2D eigenvalue weighted by Gasteiger charge is -2.10. The second-order valence-electron chi connectivity index (χ2n) is 6.08. The minimum Gasteiger partial charge on any atom is -0.307 e. The number of nitrogens with one attached hydrogen (secondary N) is 1. The van der Waals surface area contributed by atoms with Crippen molar-refractivity contribution < 1.29 is 13.2 Å². The van der Waals surface area contributed by atoms with E-state index in [1.165, 1.54) is 6.26 Å². The van der Waals surface area contributed by atoms with Gasteiger partial charge in [0, 0.05) is 17.9 Å². The number of nitrogens with zero attached hydrogens (tertiary/aromatic N) is 2. The molecular weight excluding hydrogens is 350 g/mol. The number of benzene rings is 2. The molecule has 0 radical (unpaired) electrons. The van der Waals surface area contributed by atoms with Gasteiger partial charge in [0.05, 0.1) is 18.5 Å². The van der Waals surface area contributed by atoms with Crippen LogP contribution in [0.3, 0.4) is 0 Å². The Balaban J connectivity index is 1.75. The topological polar surface area (TPSA) is 81.1 Å². The van der Waals surface area contributed by atoms with Crippen molar-refractivity contribution >= 4 is 21.6 Å². The predicted molar refractivity (Wildman–Crippen MR) is 101 cm³/mol. The predicted octanol–water partition coefficient (Wildman–Crippen LogP) is 2.73. The van der Waals surface area contributed by atoms with Crippen molar-refractivity contribution in [3.8, 4) is 0 Å². The number of aromatic nitrogens is 2. The van der Waals surface area contributed by atoms with E-state index in [2.05, 4.69) is 10.4 Å². The van der Waals surface area contributed by atoms with Crippen LogP contribution in [0.1, 0.15) is 21.5 Å². The zero-order valence-electron chi connectivity index (χ0n) is 14.3. The highest BCUT2D eigenvalue weighted by molar-refractivity contribution is 7.89. The van der Waals surface area contributed by atoms with Gasteiger partial charge in [0.25, 0.3) is 5.91 Å². The molecule has 134 valence electrons. The van der Waals surface area contributed by atoms with E-state index in [1.54, 1.807) is 41.2 Å². The smallest absolute Gasteiger partial charge is 0.256 e. The Morgan fingerprint density at radius 1 is 1.04 bits per heavy atom. The Hall–Kier alpha value is -2.93. The monoisotopic (exact) mass is 369 g/mol. The van der Waals surface area contributed by atoms with E-state index in [4.69, 9.17) is 0 Å². The van der Waals surface area contributed by atoms with Gasteiger partial charge in [-0.3, -0.25) is 4.79 Å². The van der Waals surface area contributed by atoms with Gasteiger partial charge >= 0.3 is 0 Å². The van der Waals surface area contributed by atoms with Gasteiger partial charge < -0.3 is 5.32 Å². The second-order valence-corrected chi connectivity index (χ2v) is 8.22. The minimum atomic E-state index is -3.16.